The Balaban J connectivity index is 1.72. The number of hydrogen-bond acceptors (Lipinski definition) is 5. The minimum absolute atomic E-state index is 0.0292. The number of rotatable bonds is 3. The van der Waals surface area contributed by atoms with E-state index in [1.54, 1.807) is 11.8 Å². The summed E-state index contributed by atoms with van der Waals surface area (Å²) >= 11 is 0. The third kappa shape index (κ3) is 2.10. The van der Waals surface area contributed by atoms with Crippen molar-refractivity contribution in [3.8, 4) is 0 Å². The minimum Gasteiger partial charge on any atom is -0.314 e. The summed E-state index contributed by atoms with van der Waals surface area (Å²) in [5, 5.41) is 7.20. The molecule has 2 aliphatic heterocycles. The smallest absolute Gasteiger partial charge is 0.258 e. The lowest BCUT2D eigenvalue weighted by atomic mass is 9.80. The van der Waals surface area contributed by atoms with E-state index in [-0.39, 0.29) is 11.3 Å². The van der Waals surface area contributed by atoms with Crippen LogP contribution in [0.5, 0.6) is 0 Å². The normalized spacial score (nSPS) is 20.0. The number of carbonyl (C=O) groups is 1. The van der Waals surface area contributed by atoms with Gasteiger partial charge < -0.3 is 5.32 Å². The lowest BCUT2D eigenvalue weighted by Gasteiger charge is -2.36. The molecule has 2 aromatic rings. The number of nitrogens with one attached hydrogen (secondary N) is 1. The number of anilines is 1. The van der Waals surface area contributed by atoms with Crippen molar-refractivity contribution in [1.29, 1.82) is 0 Å². The van der Waals surface area contributed by atoms with Gasteiger partial charge in [0.25, 0.3) is 6.43 Å². The van der Waals surface area contributed by atoms with E-state index in [1.807, 2.05) is 0 Å². The molecule has 0 aromatic carbocycles. The molecular weight excluding hydrogens is 306 g/mol. The predicted molar refractivity (Wildman–Crippen MR) is 78.3 cm³/mol. The third-order valence-electron chi connectivity index (χ3n) is 4.63. The summed E-state index contributed by atoms with van der Waals surface area (Å²) in [7, 11) is 0. The quantitative estimate of drug-likeness (QED) is 0.901. The Morgan fingerprint density at radius 1 is 1.43 bits per heavy atom. The van der Waals surface area contributed by atoms with Crippen LogP contribution in [0, 0.1) is 12.3 Å². The fourth-order valence-corrected chi connectivity index (χ4v) is 3.26. The molecule has 0 atom stereocenters. The first-order chi connectivity index (χ1) is 11.0. The molecule has 0 bridgehead atoms. The minimum atomic E-state index is -2.53. The number of aryl methyl sites for hydroxylation is 1. The highest BCUT2D eigenvalue weighted by atomic mass is 19.3. The summed E-state index contributed by atoms with van der Waals surface area (Å²) in [6.07, 6.45) is -0.235. The molecule has 0 aliphatic carbocycles. The number of aromatic nitrogens is 4. The van der Waals surface area contributed by atoms with Gasteiger partial charge in [0.2, 0.25) is 5.91 Å². The molecular formula is C14H16F2N6O. The zero-order chi connectivity index (χ0) is 16.2. The van der Waals surface area contributed by atoms with Crippen molar-refractivity contribution in [3.05, 3.63) is 11.9 Å². The molecule has 2 aromatic heterocycles. The first kappa shape index (κ1) is 14.4. The summed E-state index contributed by atoms with van der Waals surface area (Å²) in [4.78, 5) is 22.9. The van der Waals surface area contributed by atoms with Crippen LogP contribution in [0.4, 0.5) is 14.6 Å². The summed E-state index contributed by atoms with van der Waals surface area (Å²) in [6, 6.07) is 0. The Hall–Kier alpha value is -2.16. The van der Waals surface area contributed by atoms with Crippen LogP contribution in [0.3, 0.4) is 0 Å². The molecule has 1 spiro atoms. The van der Waals surface area contributed by atoms with Gasteiger partial charge in [-0.2, -0.15) is 5.10 Å². The van der Waals surface area contributed by atoms with E-state index in [2.05, 4.69) is 20.4 Å². The van der Waals surface area contributed by atoms with Crippen molar-refractivity contribution in [2.45, 2.75) is 26.3 Å². The topological polar surface area (TPSA) is 75.9 Å². The number of carbonyl (C=O) groups excluding carboxylic acids is 1. The second-order valence-corrected chi connectivity index (χ2v) is 6.15. The molecule has 4 rings (SSSR count). The largest absolute Gasteiger partial charge is 0.314 e. The average molecular weight is 322 g/mol. The first-order valence-corrected chi connectivity index (χ1v) is 7.51. The van der Waals surface area contributed by atoms with Gasteiger partial charge in [-0.25, -0.2) is 23.4 Å². The molecule has 7 nitrogen and oxygen atoms in total. The van der Waals surface area contributed by atoms with Crippen LogP contribution >= 0.6 is 0 Å². The summed E-state index contributed by atoms with van der Waals surface area (Å²) in [6.45, 7) is 3.10. The highest BCUT2D eigenvalue weighted by Crippen LogP contribution is 2.37. The second-order valence-electron chi connectivity index (χ2n) is 6.15. The Bertz CT molecular complexity index is 785. The monoisotopic (exact) mass is 322 g/mol. The van der Waals surface area contributed by atoms with Crippen molar-refractivity contribution in [2.75, 3.05) is 24.5 Å². The summed E-state index contributed by atoms with van der Waals surface area (Å²) < 4.78 is 26.6. The summed E-state index contributed by atoms with van der Waals surface area (Å²) in [5.74, 6) is 0.434. The maximum absolute atomic E-state index is 12.7. The predicted octanol–water partition coefficient (Wildman–Crippen LogP) is 0.726. The Morgan fingerprint density at radius 2 is 2.22 bits per heavy atom. The van der Waals surface area contributed by atoms with Gasteiger partial charge in [0.05, 0.1) is 17.3 Å². The number of nitrogens with zero attached hydrogens (tertiary/aromatic N) is 5. The van der Waals surface area contributed by atoms with E-state index in [0.29, 0.717) is 42.3 Å². The van der Waals surface area contributed by atoms with E-state index < -0.39 is 13.0 Å². The Labute approximate surface area is 130 Å². The van der Waals surface area contributed by atoms with Crippen molar-refractivity contribution < 1.29 is 13.6 Å². The highest BCUT2D eigenvalue weighted by Gasteiger charge is 2.51. The molecule has 1 N–H and O–H groups in total. The molecule has 0 saturated carbocycles. The molecule has 0 unspecified atom stereocenters. The molecule has 2 aliphatic rings. The fraction of sp³-hybridized carbons (Fsp3) is 0.571. The fourth-order valence-electron chi connectivity index (χ4n) is 3.26. The van der Waals surface area contributed by atoms with Crippen LogP contribution < -0.4 is 10.2 Å². The second kappa shape index (κ2) is 4.92. The molecule has 2 fully saturated rings. The third-order valence-corrected chi connectivity index (χ3v) is 4.63. The molecule has 23 heavy (non-hydrogen) atoms. The zero-order valence-corrected chi connectivity index (χ0v) is 12.6. The van der Waals surface area contributed by atoms with Crippen LogP contribution in [0.1, 0.15) is 12.1 Å². The standard InChI is InChI=1S/C14H16F2N6O/c1-8-11-12(22(20-8)5-9(15)16)19-10(4-18-11)21-3-2-14(13(21)23)6-17-7-14/h4,9,17H,2-3,5-7H2,1H3. The summed E-state index contributed by atoms with van der Waals surface area (Å²) in [5.41, 5.74) is 1.00. The maximum Gasteiger partial charge on any atom is 0.258 e. The van der Waals surface area contributed by atoms with Crippen LogP contribution in [-0.2, 0) is 11.3 Å². The van der Waals surface area contributed by atoms with Gasteiger partial charge in [0.1, 0.15) is 12.1 Å². The van der Waals surface area contributed by atoms with Gasteiger partial charge in [0, 0.05) is 19.6 Å². The van der Waals surface area contributed by atoms with E-state index in [9.17, 15) is 13.6 Å². The van der Waals surface area contributed by atoms with Crippen molar-refractivity contribution in [3.63, 3.8) is 0 Å². The van der Waals surface area contributed by atoms with Crippen LogP contribution in [0.25, 0.3) is 11.2 Å². The molecule has 4 heterocycles. The van der Waals surface area contributed by atoms with Crippen molar-refractivity contribution in [1.82, 2.24) is 25.1 Å². The van der Waals surface area contributed by atoms with E-state index in [1.165, 1.54) is 6.20 Å². The van der Waals surface area contributed by atoms with Crippen LogP contribution in [0.15, 0.2) is 6.20 Å². The zero-order valence-electron chi connectivity index (χ0n) is 12.6. The van der Waals surface area contributed by atoms with E-state index >= 15 is 0 Å². The maximum atomic E-state index is 12.7. The molecule has 1 amide bonds. The van der Waals surface area contributed by atoms with Gasteiger partial charge in [0.15, 0.2) is 11.5 Å². The number of amides is 1. The SMILES string of the molecule is Cc1nn(CC(F)F)c2nc(N3CCC4(CNC4)C3=O)cnc12. The van der Waals surface area contributed by atoms with Gasteiger partial charge >= 0.3 is 0 Å². The Kier molecular flexibility index (Phi) is 3.09. The average Bonchev–Trinajstić information content (AvgIpc) is 2.96. The van der Waals surface area contributed by atoms with Gasteiger partial charge in [-0.15, -0.1) is 0 Å². The van der Waals surface area contributed by atoms with Crippen LogP contribution in [-0.4, -0.2) is 51.7 Å². The van der Waals surface area contributed by atoms with Crippen molar-refractivity contribution >= 4 is 22.9 Å². The number of hydrogen-bond donors (Lipinski definition) is 1. The molecule has 9 heteroatoms. The van der Waals surface area contributed by atoms with Gasteiger partial charge in [-0.1, -0.05) is 0 Å². The van der Waals surface area contributed by atoms with E-state index in [4.69, 9.17) is 0 Å². The Morgan fingerprint density at radius 3 is 2.83 bits per heavy atom. The number of fused-ring (bicyclic) bond motifs is 1. The van der Waals surface area contributed by atoms with Crippen LogP contribution in [0.2, 0.25) is 0 Å². The molecule has 2 saturated heterocycles. The first-order valence-electron chi connectivity index (χ1n) is 7.51. The van der Waals surface area contributed by atoms with Gasteiger partial charge in [-0.3, -0.25) is 9.69 Å². The molecule has 122 valence electrons. The lowest BCUT2D eigenvalue weighted by molar-refractivity contribution is -0.127. The van der Waals surface area contributed by atoms with Gasteiger partial charge in [-0.05, 0) is 13.3 Å². The molecule has 0 radical (unpaired) electrons. The number of halogens is 2. The van der Waals surface area contributed by atoms with E-state index in [0.717, 1.165) is 11.1 Å². The van der Waals surface area contributed by atoms with Crippen molar-refractivity contribution in [2.24, 2.45) is 5.41 Å². The highest BCUT2D eigenvalue weighted by molar-refractivity contribution is 6.00. The number of alkyl halides is 2. The lowest BCUT2D eigenvalue weighted by Crippen LogP contribution is -2.57.